The van der Waals surface area contributed by atoms with Gasteiger partial charge in [0.2, 0.25) is 5.24 Å². The van der Waals surface area contributed by atoms with Crippen LogP contribution in [0.3, 0.4) is 0 Å². The van der Waals surface area contributed by atoms with E-state index < -0.39 is 10.5 Å². The van der Waals surface area contributed by atoms with Crippen LogP contribution in [-0.4, -0.2) is 21.6 Å². The van der Waals surface area contributed by atoms with Gasteiger partial charge in [-0.1, -0.05) is 49.4 Å². The Balaban J connectivity index is 0.000000585. The number of halogens is 4. The van der Waals surface area contributed by atoms with Crippen LogP contribution in [-0.2, 0) is 14.4 Å². The van der Waals surface area contributed by atoms with Crippen LogP contribution in [0.4, 0.5) is 0 Å². The molecule has 0 aliphatic heterocycles. The first-order valence-corrected chi connectivity index (χ1v) is 8.04. The Labute approximate surface area is 154 Å². The highest BCUT2D eigenvalue weighted by Gasteiger charge is 2.11. The molecule has 23 heavy (non-hydrogen) atoms. The fraction of sp³-hybridized carbons (Fsp3) is 0.188. The molecule has 1 unspecified atom stereocenters. The molecule has 124 valence electrons. The van der Waals surface area contributed by atoms with Gasteiger partial charge in [0.25, 0.3) is 10.5 Å². The maximum Gasteiger partial charge on any atom is 0.257 e. The van der Waals surface area contributed by atoms with Gasteiger partial charge in [0.1, 0.15) is 0 Å². The molecule has 0 radical (unpaired) electrons. The van der Waals surface area contributed by atoms with Gasteiger partial charge >= 0.3 is 0 Å². The number of carbonyl (C=O) groups excluding carboxylic acids is 3. The molecule has 3 nitrogen and oxygen atoms in total. The lowest BCUT2D eigenvalue weighted by molar-refractivity contribution is -0.115. The van der Waals surface area contributed by atoms with Crippen molar-refractivity contribution >= 4 is 68.2 Å². The normalized spacial score (nSPS) is 11.2. The minimum absolute atomic E-state index is 0.205. The van der Waals surface area contributed by atoms with E-state index in [1.807, 2.05) is 30.3 Å². The van der Waals surface area contributed by atoms with E-state index in [0.29, 0.717) is 5.88 Å². The molecule has 0 saturated carbocycles. The van der Waals surface area contributed by atoms with Crippen LogP contribution in [0.15, 0.2) is 48.1 Å². The van der Waals surface area contributed by atoms with Crippen LogP contribution in [0.1, 0.15) is 12.5 Å². The van der Waals surface area contributed by atoms with Gasteiger partial charge in [-0.05, 0) is 46.4 Å². The standard InChI is InChI=1S/C12H8Cl2O2.C4H6Cl2O/c13-11(15)10(12(14)16)8-4-7-9-5-2-1-3-6-9;1-3(2-5)4(6)7/h1-8H;3H,2H2,1H3. The summed E-state index contributed by atoms with van der Waals surface area (Å²) >= 11 is 20.6. The molecule has 7 heteroatoms. The molecule has 0 aliphatic carbocycles. The monoisotopic (exact) mass is 394 g/mol. The zero-order valence-electron chi connectivity index (χ0n) is 12.1. The first-order valence-electron chi connectivity index (χ1n) is 6.38. The van der Waals surface area contributed by atoms with Gasteiger partial charge < -0.3 is 0 Å². The minimum Gasteiger partial charge on any atom is -0.281 e. The zero-order valence-corrected chi connectivity index (χ0v) is 15.2. The SMILES string of the molecule is CC(CCl)C(=O)Cl.O=C(Cl)C(=CC=Cc1ccccc1)C(=O)Cl. The van der Waals surface area contributed by atoms with E-state index in [-0.39, 0.29) is 16.7 Å². The van der Waals surface area contributed by atoms with E-state index >= 15 is 0 Å². The van der Waals surface area contributed by atoms with Crippen LogP contribution in [0.5, 0.6) is 0 Å². The molecule has 0 heterocycles. The van der Waals surface area contributed by atoms with E-state index in [4.69, 9.17) is 46.4 Å². The molecule has 0 spiro atoms. The molecule has 1 rings (SSSR count). The summed E-state index contributed by atoms with van der Waals surface area (Å²) in [4.78, 5) is 31.6. The Morgan fingerprint density at radius 3 is 1.91 bits per heavy atom. The smallest absolute Gasteiger partial charge is 0.257 e. The van der Waals surface area contributed by atoms with Crippen LogP contribution in [0.2, 0.25) is 0 Å². The van der Waals surface area contributed by atoms with Crippen molar-refractivity contribution in [1.82, 2.24) is 0 Å². The highest BCUT2D eigenvalue weighted by molar-refractivity contribution is 6.79. The van der Waals surface area contributed by atoms with E-state index in [0.717, 1.165) is 5.56 Å². The van der Waals surface area contributed by atoms with Crippen molar-refractivity contribution in [3.63, 3.8) is 0 Å². The summed E-state index contributed by atoms with van der Waals surface area (Å²) in [5, 5.41) is -2.09. The maximum absolute atomic E-state index is 10.8. The van der Waals surface area contributed by atoms with Crippen molar-refractivity contribution in [2.45, 2.75) is 6.92 Å². The number of allylic oxidation sites excluding steroid dienone is 3. The number of hydrogen-bond donors (Lipinski definition) is 0. The second-order valence-electron chi connectivity index (χ2n) is 4.26. The van der Waals surface area contributed by atoms with Gasteiger partial charge in [-0.25, -0.2) is 0 Å². The molecule has 0 amide bonds. The van der Waals surface area contributed by atoms with Crippen molar-refractivity contribution in [3.05, 3.63) is 53.6 Å². The maximum atomic E-state index is 10.8. The van der Waals surface area contributed by atoms with Gasteiger partial charge in [-0.3, -0.25) is 14.4 Å². The van der Waals surface area contributed by atoms with Gasteiger partial charge in [0.15, 0.2) is 0 Å². The van der Waals surface area contributed by atoms with Crippen molar-refractivity contribution in [2.75, 3.05) is 5.88 Å². The lowest BCUT2D eigenvalue weighted by Gasteiger charge is -1.94. The van der Waals surface area contributed by atoms with Gasteiger partial charge in [-0.15, -0.1) is 11.6 Å². The molecule has 1 atom stereocenters. The van der Waals surface area contributed by atoms with Gasteiger partial charge in [-0.2, -0.15) is 0 Å². The van der Waals surface area contributed by atoms with E-state index in [1.54, 1.807) is 19.1 Å². The highest BCUT2D eigenvalue weighted by Crippen LogP contribution is 2.07. The van der Waals surface area contributed by atoms with E-state index in [1.165, 1.54) is 6.08 Å². The molecular weight excluding hydrogens is 382 g/mol. The first-order chi connectivity index (χ1) is 10.8. The van der Waals surface area contributed by atoms with Crippen LogP contribution in [0, 0.1) is 5.92 Å². The third-order valence-electron chi connectivity index (χ3n) is 2.39. The molecule has 0 saturated heterocycles. The summed E-state index contributed by atoms with van der Waals surface area (Å²) in [7, 11) is 0. The summed E-state index contributed by atoms with van der Waals surface area (Å²) in [5.41, 5.74) is 0.706. The molecule has 0 aliphatic rings. The lowest BCUT2D eigenvalue weighted by atomic mass is 10.2. The molecule has 0 N–H and O–H groups in total. The number of benzene rings is 1. The predicted octanol–water partition coefficient (Wildman–Crippen LogP) is 4.78. The van der Waals surface area contributed by atoms with Crippen LogP contribution < -0.4 is 0 Å². The number of alkyl halides is 1. The van der Waals surface area contributed by atoms with E-state index in [2.05, 4.69) is 0 Å². The zero-order chi connectivity index (χ0) is 17.8. The summed E-state index contributed by atoms with van der Waals surface area (Å²) in [5.74, 6) is 0.103. The quantitative estimate of drug-likeness (QED) is 0.174. The first kappa shape index (κ1) is 21.9. The Hall–Kier alpha value is -1.13. The Bertz CT molecular complexity index is 579. The second kappa shape index (κ2) is 12.3. The van der Waals surface area contributed by atoms with Gasteiger partial charge in [0, 0.05) is 11.8 Å². The third-order valence-corrected chi connectivity index (χ3v) is 3.64. The number of hydrogen-bond acceptors (Lipinski definition) is 3. The van der Waals surface area contributed by atoms with Crippen molar-refractivity contribution in [2.24, 2.45) is 5.92 Å². The summed E-state index contributed by atoms with van der Waals surface area (Å²) in [6.45, 7) is 1.68. The lowest BCUT2D eigenvalue weighted by Crippen LogP contribution is -2.03. The molecular formula is C16H14Cl4O3. The Morgan fingerprint density at radius 1 is 1.04 bits per heavy atom. The summed E-state index contributed by atoms with van der Waals surface area (Å²) in [6, 6.07) is 9.42. The van der Waals surface area contributed by atoms with Crippen molar-refractivity contribution in [3.8, 4) is 0 Å². The molecule has 0 fully saturated rings. The average Bonchev–Trinajstić information content (AvgIpc) is 2.51. The highest BCUT2D eigenvalue weighted by atomic mass is 35.5. The Morgan fingerprint density at radius 2 is 1.57 bits per heavy atom. The van der Waals surface area contributed by atoms with Gasteiger partial charge in [0.05, 0.1) is 5.57 Å². The van der Waals surface area contributed by atoms with Crippen molar-refractivity contribution < 1.29 is 14.4 Å². The van der Waals surface area contributed by atoms with Crippen LogP contribution in [0.25, 0.3) is 6.08 Å². The number of carbonyl (C=O) groups is 3. The van der Waals surface area contributed by atoms with Crippen LogP contribution >= 0.6 is 46.4 Å². The summed E-state index contributed by atoms with van der Waals surface area (Å²) in [6.07, 6.45) is 4.57. The van der Waals surface area contributed by atoms with E-state index in [9.17, 15) is 14.4 Å². The molecule has 0 bridgehead atoms. The molecule has 1 aromatic rings. The predicted molar refractivity (Wildman–Crippen MR) is 96.0 cm³/mol. The number of rotatable bonds is 6. The fourth-order valence-corrected chi connectivity index (χ4v) is 1.73. The largest absolute Gasteiger partial charge is 0.281 e. The molecule has 0 aromatic heterocycles. The average molecular weight is 396 g/mol. The fourth-order valence-electron chi connectivity index (χ4n) is 1.09. The molecule has 1 aromatic carbocycles. The topological polar surface area (TPSA) is 51.2 Å². The summed E-state index contributed by atoms with van der Waals surface area (Å²) < 4.78 is 0. The van der Waals surface area contributed by atoms with Crippen molar-refractivity contribution in [1.29, 1.82) is 0 Å². The Kier molecular flexibility index (Phi) is 11.7. The third kappa shape index (κ3) is 10.3. The second-order valence-corrected chi connectivity index (χ2v) is 5.62. The minimum atomic E-state index is -0.863.